The van der Waals surface area contributed by atoms with Crippen LogP contribution in [0.5, 0.6) is 5.75 Å². The summed E-state index contributed by atoms with van der Waals surface area (Å²) in [4.78, 5) is 0. The predicted molar refractivity (Wildman–Crippen MR) is 85.1 cm³/mol. The summed E-state index contributed by atoms with van der Waals surface area (Å²) >= 11 is 6.00. The maximum absolute atomic E-state index is 10.4. The van der Waals surface area contributed by atoms with E-state index in [0.717, 1.165) is 11.3 Å². The van der Waals surface area contributed by atoms with Crippen LogP contribution < -0.4 is 4.74 Å². The molecule has 0 bridgehead atoms. The van der Waals surface area contributed by atoms with E-state index in [0.29, 0.717) is 11.4 Å². The second-order valence-corrected chi connectivity index (χ2v) is 6.29. The Hall–Kier alpha value is -1.51. The van der Waals surface area contributed by atoms with E-state index in [1.54, 1.807) is 12.1 Å². The molecular formula is C18H19ClO2. The summed E-state index contributed by atoms with van der Waals surface area (Å²) in [5.74, 6) is 0.725. The Labute approximate surface area is 130 Å². The maximum atomic E-state index is 10.4. The monoisotopic (exact) mass is 302 g/mol. The van der Waals surface area contributed by atoms with Crippen LogP contribution in [0.15, 0.2) is 30.3 Å². The molecule has 0 aromatic heterocycles. The Morgan fingerprint density at radius 3 is 2.43 bits per heavy atom. The van der Waals surface area contributed by atoms with Gasteiger partial charge < -0.3 is 9.84 Å². The molecule has 2 aromatic carbocycles. The van der Waals surface area contributed by atoms with Crippen molar-refractivity contribution in [3.05, 3.63) is 63.2 Å². The minimum atomic E-state index is -0.544. The molecule has 2 aromatic rings. The zero-order valence-corrected chi connectivity index (χ0v) is 13.2. The van der Waals surface area contributed by atoms with E-state index in [-0.39, 0.29) is 6.10 Å². The van der Waals surface area contributed by atoms with Crippen LogP contribution in [-0.4, -0.2) is 5.11 Å². The van der Waals surface area contributed by atoms with Gasteiger partial charge in [0, 0.05) is 17.0 Å². The Bertz CT molecular complexity index is 671. The molecule has 0 amide bonds. The number of aliphatic hydroxyl groups excluding tert-OH is 1. The number of hydrogen-bond donors (Lipinski definition) is 1. The van der Waals surface area contributed by atoms with Crippen LogP contribution in [0.2, 0.25) is 5.02 Å². The van der Waals surface area contributed by atoms with Crippen LogP contribution in [-0.2, 0) is 0 Å². The zero-order chi connectivity index (χ0) is 15.1. The van der Waals surface area contributed by atoms with Crippen LogP contribution in [0, 0.1) is 20.8 Å². The second-order valence-electron chi connectivity index (χ2n) is 5.85. The molecule has 0 saturated carbocycles. The van der Waals surface area contributed by atoms with Crippen molar-refractivity contribution in [2.75, 3.05) is 0 Å². The van der Waals surface area contributed by atoms with Gasteiger partial charge in [0.1, 0.15) is 11.9 Å². The van der Waals surface area contributed by atoms with E-state index in [1.165, 1.54) is 22.3 Å². The quantitative estimate of drug-likeness (QED) is 0.818. The van der Waals surface area contributed by atoms with E-state index >= 15 is 0 Å². The molecule has 1 heterocycles. The number of benzene rings is 2. The molecule has 0 spiro atoms. The van der Waals surface area contributed by atoms with Gasteiger partial charge in [-0.05, 0) is 55.7 Å². The lowest BCUT2D eigenvalue weighted by atomic mass is 9.89. The van der Waals surface area contributed by atoms with E-state index in [2.05, 4.69) is 32.9 Å². The Morgan fingerprint density at radius 2 is 1.76 bits per heavy atom. The fourth-order valence-electron chi connectivity index (χ4n) is 3.29. The predicted octanol–water partition coefficient (Wildman–Crippen LogP) is 4.82. The van der Waals surface area contributed by atoms with Crippen molar-refractivity contribution in [2.24, 2.45) is 0 Å². The van der Waals surface area contributed by atoms with E-state index < -0.39 is 6.10 Å². The summed E-state index contributed by atoms with van der Waals surface area (Å²) in [5.41, 5.74) is 5.63. The van der Waals surface area contributed by atoms with Crippen LogP contribution in [0.3, 0.4) is 0 Å². The fourth-order valence-corrected chi connectivity index (χ4v) is 3.47. The highest BCUT2D eigenvalue weighted by molar-refractivity contribution is 6.30. The van der Waals surface area contributed by atoms with Crippen molar-refractivity contribution in [1.29, 1.82) is 0 Å². The summed E-state index contributed by atoms with van der Waals surface area (Å²) in [7, 11) is 0. The highest BCUT2D eigenvalue weighted by Crippen LogP contribution is 2.43. The van der Waals surface area contributed by atoms with Crippen LogP contribution >= 0.6 is 11.6 Å². The molecule has 3 heteroatoms. The molecule has 2 atom stereocenters. The van der Waals surface area contributed by atoms with E-state index in [1.807, 2.05) is 6.07 Å². The van der Waals surface area contributed by atoms with Gasteiger partial charge in [0.2, 0.25) is 0 Å². The normalized spacial score (nSPS) is 20.8. The zero-order valence-electron chi connectivity index (χ0n) is 12.5. The van der Waals surface area contributed by atoms with Gasteiger partial charge in [-0.2, -0.15) is 0 Å². The summed E-state index contributed by atoms with van der Waals surface area (Å²) < 4.78 is 6.13. The minimum Gasteiger partial charge on any atom is -0.485 e. The first kappa shape index (κ1) is 14.4. The number of ether oxygens (including phenoxy) is 1. The van der Waals surface area contributed by atoms with Gasteiger partial charge in [0.15, 0.2) is 0 Å². The van der Waals surface area contributed by atoms with Gasteiger partial charge in [-0.15, -0.1) is 0 Å². The molecule has 0 saturated heterocycles. The molecule has 0 radical (unpaired) electrons. The van der Waals surface area contributed by atoms with Gasteiger partial charge in [-0.25, -0.2) is 0 Å². The molecule has 21 heavy (non-hydrogen) atoms. The number of aliphatic hydroxyl groups is 1. The van der Waals surface area contributed by atoms with Gasteiger partial charge in [-0.1, -0.05) is 29.3 Å². The lowest BCUT2D eigenvalue weighted by Crippen LogP contribution is -2.20. The highest BCUT2D eigenvalue weighted by Gasteiger charge is 2.30. The number of rotatable bonds is 1. The molecule has 0 fully saturated rings. The van der Waals surface area contributed by atoms with Crippen molar-refractivity contribution in [2.45, 2.75) is 39.4 Å². The first-order valence-electron chi connectivity index (χ1n) is 7.17. The first-order valence-corrected chi connectivity index (χ1v) is 7.55. The number of halogens is 1. The third-order valence-corrected chi connectivity index (χ3v) is 4.33. The largest absolute Gasteiger partial charge is 0.485 e. The Morgan fingerprint density at radius 1 is 1.10 bits per heavy atom. The topological polar surface area (TPSA) is 29.5 Å². The van der Waals surface area contributed by atoms with Crippen LogP contribution in [0.4, 0.5) is 0 Å². The van der Waals surface area contributed by atoms with Gasteiger partial charge in [-0.3, -0.25) is 0 Å². The van der Waals surface area contributed by atoms with E-state index in [4.69, 9.17) is 16.3 Å². The molecule has 2 nitrogen and oxygen atoms in total. The molecule has 110 valence electrons. The summed E-state index contributed by atoms with van der Waals surface area (Å²) in [6, 6.07) is 9.74. The van der Waals surface area contributed by atoms with E-state index in [9.17, 15) is 5.11 Å². The molecule has 1 N–H and O–H groups in total. The Balaban J connectivity index is 2.02. The fraction of sp³-hybridized carbons (Fsp3) is 0.333. The standard InChI is InChI=1S/C18H19ClO2/c1-10-6-11(2)18(12(3)7-10)17-9-15(20)14-8-13(19)4-5-16(14)21-17/h4-8,15,17,20H,9H2,1-3H3/t15-,17?/m0/s1. The molecule has 1 unspecified atom stereocenters. The smallest absolute Gasteiger partial charge is 0.127 e. The molecule has 3 rings (SSSR count). The van der Waals surface area contributed by atoms with Crippen molar-refractivity contribution < 1.29 is 9.84 Å². The lowest BCUT2D eigenvalue weighted by Gasteiger charge is -2.32. The average Bonchev–Trinajstić information content (AvgIpc) is 2.38. The number of aryl methyl sites for hydroxylation is 3. The molecule has 1 aliphatic rings. The molecule has 0 aliphatic carbocycles. The summed E-state index contributed by atoms with van der Waals surface area (Å²) in [6.45, 7) is 6.29. The van der Waals surface area contributed by atoms with Crippen LogP contribution in [0.25, 0.3) is 0 Å². The SMILES string of the molecule is Cc1cc(C)c(C2C[C@H](O)c3cc(Cl)ccc3O2)c(C)c1. The summed E-state index contributed by atoms with van der Waals surface area (Å²) in [5, 5.41) is 11.0. The number of fused-ring (bicyclic) bond motifs is 1. The van der Waals surface area contributed by atoms with Gasteiger partial charge in [0.25, 0.3) is 0 Å². The maximum Gasteiger partial charge on any atom is 0.127 e. The molecular weight excluding hydrogens is 284 g/mol. The van der Waals surface area contributed by atoms with Gasteiger partial charge in [0.05, 0.1) is 6.10 Å². The van der Waals surface area contributed by atoms with Crippen LogP contribution in [0.1, 0.15) is 46.4 Å². The third kappa shape index (κ3) is 2.66. The summed E-state index contributed by atoms with van der Waals surface area (Å²) in [6.07, 6.45) is -0.107. The molecule has 1 aliphatic heterocycles. The average molecular weight is 303 g/mol. The number of hydrogen-bond acceptors (Lipinski definition) is 2. The van der Waals surface area contributed by atoms with Gasteiger partial charge >= 0.3 is 0 Å². The minimum absolute atomic E-state index is 0.116. The highest BCUT2D eigenvalue weighted by atomic mass is 35.5. The third-order valence-electron chi connectivity index (χ3n) is 4.10. The van der Waals surface area contributed by atoms with Crippen molar-refractivity contribution in [1.82, 2.24) is 0 Å². The van der Waals surface area contributed by atoms with Crippen molar-refractivity contribution in [3.63, 3.8) is 0 Å². The second kappa shape index (κ2) is 5.36. The Kier molecular flexibility index (Phi) is 3.68. The first-order chi connectivity index (χ1) is 9.95. The lowest BCUT2D eigenvalue weighted by molar-refractivity contribution is 0.0652. The van der Waals surface area contributed by atoms with Crippen molar-refractivity contribution >= 4 is 11.6 Å². The van der Waals surface area contributed by atoms with Crippen molar-refractivity contribution in [3.8, 4) is 5.75 Å².